The van der Waals surface area contributed by atoms with Crippen LogP contribution in [-0.2, 0) is 16.0 Å². The fraction of sp³-hybridized carbons (Fsp3) is 0.667. The molecular formula is C27H43BN4O7. The molecular weight excluding hydrogens is 503 g/mol. The summed E-state index contributed by atoms with van der Waals surface area (Å²) >= 11 is 0. The summed E-state index contributed by atoms with van der Waals surface area (Å²) in [6, 6.07) is 5.19. The summed E-state index contributed by atoms with van der Waals surface area (Å²) in [7, 11) is -1.30. The molecule has 2 amide bonds. The number of carbonyl (C=O) groups is 3. The number of hydrogen-bond donors (Lipinski definition) is 6. The topological polar surface area (TPSA) is 158 Å². The predicted molar refractivity (Wildman–Crippen MR) is 148 cm³/mol. The average molecular weight is 546 g/mol. The number of carboxylic acid groups (broad SMARTS) is 1. The summed E-state index contributed by atoms with van der Waals surface area (Å²) in [6.07, 6.45) is 4.17. The maximum absolute atomic E-state index is 12.7. The monoisotopic (exact) mass is 546 g/mol. The van der Waals surface area contributed by atoms with Gasteiger partial charge in [-0.2, -0.15) is 0 Å². The van der Waals surface area contributed by atoms with Gasteiger partial charge < -0.3 is 40.8 Å². The molecule has 1 aromatic carbocycles. The van der Waals surface area contributed by atoms with Gasteiger partial charge in [0.15, 0.2) is 0 Å². The Hall–Kier alpha value is -2.83. The molecule has 39 heavy (non-hydrogen) atoms. The van der Waals surface area contributed by atoms with Crippen molar-refractivity contribution < 1.29 is 33.9 Å². The molecule has 1 aliphatic heterocycles. The zero-order chi connectivity index (χ0) is 28.6. The van der Waals surface area contributed by atoms with Gasteiger partial charge in [0.1, 0.15) is 11.4 Å². The number of ether oxygens (including phenoxy) is 1. The van der Waals surface area contributed by atoms with E-state index < -0.39 is 30.7 Å². The lowest BCUT2D eigenvalue weighted by Crippen LogP contribution is -2.53. The minimum atomic E-state index is -1.30. The number of carbonyl (C=O) groups excluding carboxylic acids is 2. The van der Waals surface area contributed by atoms with Gasteiger partial charge in [-0.15, -0.1) is 0 Å². The summed E-state index contributed by atoms with van der Waals surface area (Å²) in [4.78, 5) is 35.9. The maximum atomic E-state index is 12.7. The SMILES string of the molecule is C[C@@H](CNCCNC1CCC(CC(=O)N[C@H]2Cc3cccc(C(=O)O)c3OB2O)CC1)NC(=O)OC(C)(C)C. The third-order valence-electron chi connectivity index (χ3n) is 6.97. The highest BCUT2D eigenvalue weighted by molar-refractivity contribution is 6.47. The van der Waals surface area contributed by atoms with E-state index in [1.165, 1.54) is 6.07 Å². The Morgan fingerprint density at radius 3 is 2.54 bits per heavy atom. The highest BCUT2D eigenvalue weighted by Gasteiger charge is 2.38. The van der Waals surface area contributed by atoms with E-state index in [1.54, 1.807) is 12.1 Å². The third kappa shape index (κ3) is 10.0. The summed E-state index contributed by atoms with van der Waals surface area (Å²) in [5.41, 5.74) is 0.141. The van der Waals surface area contributed by atoms with Crippen molar-refractivity contribution in [1.82, 2.24) is 21.3 Å². The number of carboxylic acids is 1. The molecule has 0 spiro atoms. The smallest absolute Gasteiger partial charge is 0.534 e. The Balaban J connectivity index is 1.29. The summed E-state index contributed by atoms with van der Waals surface area (Å²) < 4.78 is 10.7. The van der Waals surface area contributed by atoms with Crippen molar-refractivity contribution in [3.63, 3.8) is 0 Å². The predicted octanol–water partition coefficient (Wildman–Crippen LogP) is 1.87. The van der Waals surface area contributed by atoms with Gasteiger partial charge in [0.2, 0.25) is 5.91 Å². The van der Waals surface area contributed by atoms with Gasteiger partial charge in [-0.05, 0) is 77.3 Å². The second kappa shape index (κ2) is 14.0. The van der Waals surface area contributed by atoms with E-state index in [4.69, 9.17) is 9.39 Å². The molecule has 2 aliphatic rings. The van der Waals surface area contributed by atoms with E-state index in [2.05, 4.69) is 21.3 Å². The van der Waals surface area contributed by atoms with Crippen LogP contribution in [0.5, 0.6) is 5.75 Å². The molecule has 0 unspecified atom stereocenters. The van der Waals surface area contributed by atoms with Crippen LogP contribution in [-0.4, -0.2) is 78.5 Å². The van der Waals surface area contributed by atoms with Crippen molar-refractivity contribution in [3.8, 4) is 5.75 Å². The van der Waals surface area contributed by atoms with E-state index >= 15 is 0 Å². The molecule has 0 radical (unpaired) electrons. The minimum Gasteiger partial charge on any atom is -0.534 e. The lowest BCUT2D eigenvalue weighted by molar-refractivity contribution is -0.122. The summed E-state index contributed by atoms with van der Waals surface area (Å²) in [5, 5.41) is 32.3. The molecule has 1 fully saturated rings. The van der Waals surface area contributed by atoms with Crippen molar-refractivity contribution in [3.05, 3.63) is 29.3 Å². The van der Waals surface area contributed by atoms with E-state index in [-0.39, 0.29) is 29.2 Å². The Bertz CT molecular complexity index is 995. The highest BCUT2D eigenvalue weighted by atomic mass is 16.6. The Labute approximate surface area is 230 Å². The Morgan fingerprint density at radius 1 is 1.15 bits per heavy atom. The normalized spacial score (nSPS) is 21.8. The molecule has 1 heterocycles. The van der Waals surface area contributed by atoms with Crippen LogP contribution in [0.1, 0.15) is 75.7 Å². The van der Waals surface area contributed by atoms with Crippen molar-refractivity contribution in [2.24, 2.45) is 5.92 Å². The fourth-order valence-electron chi connectivity index (χ4n) is 5.06. The second-order valence-electron chi connectivity index (χ2n) is 11.6. The summed E-state index contributed by atoms with van der Waals surface area (Å²) in [5.74, 6) is -1.42. The first-order valence-electron chi connectivity index (χ1n) is 13.8. The molecule has 1 aromatic rings. The van der Waals surface area contributed by atoms with Crippen LogP contribution >= 0.6 is 0 Å². The first-order chi connectivity index (χ1) is 18.4. The molecule has 6 N–H and O–H groups in total. The molecule has 0 saturated heterocycles. The largest absolute Gasteiger partial charge is 0.547 e. The van der Waals surface area contributed by atoms with Crippen LogP contribution < -0.4 is 25.9 Å². The molecule has 11 nitrogen and oxygen atoms in total. The number of amides is 2. The minimum absolute atomic E-state index is 0.00207. The number of para-hydroxylation sites is 1. The van der Waals surface area contributed by atoms with Gasteiger partial charge in [0, 0.05) is 38.1 Å². The Morgan fingerprint density at radius 2 is 1.87 bits per heavy atom. The highest BCUT2D eigenvalue weighted by Crippen LogP contribution is 2.31. The van der Waals surface area contributed by atoms with Crippen molar-refractivity contribution in [1.29, 1.82) is 0 Å². The van der Waals surface area contributed by atoms with E-state index in [9.17, 15) is 24.5 Å². The van der Waals surface area contributed by atoms with E-state index in [0.717, 1.165) is 38.8 Å². The summed E-state index contributed by atoms with van der Waals surface area (Å²) in [6.45, 7) is 9.68. The van der Waals surface area contributed by atoms with Crippen LogP contribution in [0.15, 0.2) is 18.2 Å². The maximum Gasteiger partial charge on any atom is 0.547 e. The Kier molecular flexibility index (Phi) is 11.0. The quantitative estimate of drug-likeness (QED) is 0.180. The molecule has 2 atom stereocenters. The number of fused-ring (bicyclic) bond motifs is 1. The first kappa shape index (κ1) is 30.7. The zero-order valence-electron chi connectivity index (χ0n) is 23.4. The zero-order valence-corrected chi connectivity index (χ0v) is 23.4. The number of aromatic carboxylic acids is 1. The first-order valence-corrected chi connectivity index (χ1v) is 13.8. The molecule has 0 bridgehead atoms. The number of alkyl carbamates (subject to hydrolysis) is 1. The van der Waals surface area contributed by atoms with Gasteiger partial charge in [0.05, 0.1) is 11.5 Å². The average Bonchev–Trinajstić information content (AvgIpc) is 2.83. The lowest BCUT2D eigenvalue weighted by atomic mass is 9.72. The van der Waals surface area contributed by atoms with Gasteiger partial charge in [-0.3, -0.25) is 4.79 Å². The van der Waals surface area contributed by atoms with Gasteiger partial charge in [0.25, 0.3) is 0 Å². The second-order valence-corrected chi connectivity index (χ2v) is 11.6. The number of nitrogens with one attached hydrogen (secondary N) is 4. The van der Waals surface area contributed by atoms with Crippen LogP contribution in [0.2, 0.25) is 0 Å². The van der Waals surface area contributed by atoms with E-state index in [1.807, 2.05) is 27.7 Å². The van der Waals surface area contributed by atoms with Crippen molar-refractivity contribution in [2.75, 3.05) is 19.6 Å². The van der Waals surface area contributed by atoms with Crippen molar-refractivity contribution in [2.45, 2.75) is 89.8 Å². The molecule has 3 rings (SSSR count). The number of hydrogen-bond acceptors (Lipinski definition) is 8. The van der Waals surface area contributed by atoms with Crippen LogP contribution in [0.25, 0.3) is 0 Å². The standard InChI is InChI=1S/C27H43BN4O7/c1-17(31-26(36)38-27(2,3)4)16-29-12-13-30-20-10-8-18(9-11-20)14-23(33)32-22-15-19-6-5-7-21(25(34)35)24(19)39-28(22)37/h5-7,17-18,20,22,29-30,37H,8-16H2,1-4H3,(H,31,36)(H,32,33)(H,34,35)/t17-,18?,20?,22-/m0/s1. The van der Waals surface area contributed by atoms with Crippen LogP contribution in [0.4, 0.5) is 4.79 Å². The van der Waals surface area contributed by atoms with Gasteiger partial charge >= 0.3 is 19.2 Å². The van der Waals surface area contributed by atoms with E-state index in [0.29, 0.717) is 31.0 Å². The third-order valence-corrected chi connectivity index (χ3v) is 6.97. The number of rotatable bonds is 11. The van der Waals surface area contributed by atoms with Crippen LogP contribution in [0, 0.1) is 5.92 Å². The fourth-order valence-corrected chi connectivity index (χ4v) is 5.06. The molecule has 1 aliphatic carbocycles. The lowest BCUT2D eigenvalue weighted by Gasteiger charge is -2.31. The molecule has 0 aromatic heterocycles. The molecule has 216 valence electrons. The molecule has 1 saturated carbocycles. The van der Waals surface area contributed by atoms with Crippen molar-refractivity contribution >= 4 is 25.1 Å². The number of benzene rings is 1. The van der Waals surface area contributed by atoms with Crippen LogP contribution in [0.3, 0.4) is 0 Å². The van der Waals surface area contributed by atoms with Gasteiger partial charge in [-0.25, -0.2) is 9.59 Å². The van der Waals surface area contributed by atoms with Gasteiger partial charge in [-0.1, -0.05) is 12.1 Å². The molecule has 12 heteroatoms.